The summed E-state index contributed by atoms with van der Waals surface area (Å²) in [5, 5.41) is 4.23. The van der Waals surface area contributed by atoms with Crippen LogP contribution in [0.15, 0.2) is 0 Å². The van der Waals surface area contributed by atoms with E-state index >= 15 is 0 Å². The summed E-state index contributed by atoms with van der Waals surface area (Å²) in [6.07, 6.45) is 2.41. The number of nitrogens with zero attached hydrogens (tertiary/aromatic N) is 1. The molecule has 1 heterocycles. The second kappa shape index (κ2) is 4.80. The van der Waals surface area contributed by atoms with Gasteiger partial charge in [0.2, 0.25) is 0 Å². The molecule has 2 nitrogen and oxygen atoms in total. The minimum Gasteiger partial charge on any atom is -0.363 e. The first-order chi connectivity index (χ1) is 6.16. The highest BCUT2D eigenvalue weighted by Gasteiger charge is 2.28. The molecular formula is C10H20N2S. The van der Waals surface area contributed by atoms with Crippen molar-refractivity contribution in [1.29, 1.82) is 0 Å². The van der Waals surface area contributed by atoms with E-state index in [1.807, 2.05) is 0 Å². The van der Waals surface area contributed by atoms with Crippen LogP contribution < -0.4 is 5.32 Å². The number of nitrogens with one attached hydrogen (secondary N) is 1. The quantitative estimate of drug-likeness (QED) is 0.686. The SMILES string of the molecule is CCCNC(=S)N1CCC(C)C1C. The lowest BCUT2D eigenvalue weighted by molar-refractivity contribution is 0.365. The summed E-state index contributed by atoms with van der Waals surface area (Å²) < 4.78 is 0. The van der Waals surface area contributed by atoms with Gasteiger partial charge in [-0.05, 0) is 37.9 Å². The van der Waals surface area contributed by atoms with E-state index in [9.17, 15) is 0 Å². The maximum atomic E-state index is 5.32. The molecule has 0 aromatic carbocycles. The van der Waals surface area contributed by atoms with Gasteiger partial charge in [0.05, 0.1) is 0 Å². The van der Waals surface area contributed by atoms with Gasteiger partial charge in [-0.1, -0.05) is 13.8 Å². The summed E-state index contributed by atoms with van der Waals surface area (Å²) in [7, 11) is 0. The third-order valence-corrected chi connectivity index (χ3v) is 3.31. The zero-order valence-corrected chi connectivity index (χ0v) is 9.66. The Morgan fingerprint density at radius 1 is 1.54 bits per heavy atom. The second-order valence-electron chi connectivity index (χ2n) is 3.93. The van der Waals surface area contributed by atoms with Crippen LogP contribution in [0.25, 0.3) is 0 Å². The molecule has 0 spiro atoms. The lowest BCUT2D eigenvalue weighted by Gasteiger charge is -2.26. The van der Waals surface area contributed by atoms with Crippen molar-refractivity contribution in [3.05, 3.63) is 0 Å². The minimum absolute atomic E-state index is 0.608. The first kappa shape index (κ1) is 10.8. The standard InChI is InChI=1S/C10H20N2S/c1-4-6-11-10(13)12-7-5-8(2)9(12)3/h8-9H,4-7H2,1-3H3,(H,11,13). The Labute approximate surface area is 86.7 Å². The van der Waals surface area contributed by atoms with Crippen molar-refractivity contribution < 1.29 is 0 Å². The van der Waals surface area contributed by atoms with Crippen LogP contribution in [0, 0.1) is 5.92 Å². The fraction of sp³-hybridized carbons (Fsp3) is 0.900. The molecule has 1 fully saturated rings. The summed E-state index contributed by atoms with van der Waals surface area (Å²) in [6, 6.07) is 0.608. The molecule has 1 saturated heterocycles. The van der Waals surface area contributed by atoms with Crippen LogP contribution in [0.3, 0.4) is 0 Å². The summed E-state index contributed by atoms with van der Waals surface area (Å²) in [6.45, 7) is 8.84. The molecule has 76 valence electrons. The zero-order chi connectivity index (χ0) is 9.84. The van der Waals surface area contributed by atoms with E-state index in [0.29, 0.717) is 6.04 Å². The fourth-order valence-corrected chi connectivity index (χ4v) is 2.07. The average Bonchev–Trinajstić information content (AvgIpc) is 2.44. The molecule has 0 amide bonds. The van der Waals surface area contributed by atoms with Crippen LogP contribution in [0.4, 0.5) is 0 Å². The smallest absolute Gasteiger partial charge is 0.169 e. The molecule has 1 aliphatic heterocycles. The number of hydrogen-bond donors (Lipinski definition) is 1. The van der Waals surface area contributed by atoms with Crippen molar-refractivity contribution >= 4 is 17.3 Å². The van der Waals surface area contributed by atoms with E-state index in [4.69, 9.17) is 12.2 Å². The highest BCUT2D eigenvalue weighted by atomic mass is 32.1. The summed E-state index contributed by atoms with van der Waals surface area (Å²) in [4.78, 5) is 2.32. The molecule has 0 aromatic rings. The highest BCUT2D eigenvalue weighted by Crippen LogP contribution is 2.22. The molecule has 2 unspecified atom stereocenters. The molecule has 13 heavy (non-hydrogen) atoms. The van der Waals surface area contributed by atoms with Gasteiger partial charge in [-0.3, -0.25) is 0 Å². The van der Waals surface area contributed by atoms with Gasteiger partial charge in [-0.25, -0.2) is 0 Å². The summed E-state index contributed by atoms with van der Waals surface area (Å²) >= 11 is 5.32. The molecule has 3 heteroatoms. The van der Waals surface area contributed by atoms with Gasteiger partial charge in [-0.15, -0.1) is 0 Å². The maximum absolute atomic E-state index is 5.32. The van der Waals surface area contributed by atoms with Crippen molar-refractivity contribution in [1.82, 2.24) is 10.2 Å². The summed E-state index contributed by atoms with van der Waals surface area (Å²) in [5.74, 6) is 0.779. The average molecular weight is 200 g/mol. The van der Waals surface area contributed by atoms with Gasteiger partial charge in [-0.2, -0.15) is 0 Å². The van der Waals surface area contributed by atoms with Gasteiger partial charge >= 0.3 is 0 Å². The van der Waals surface area contributed by atoms with Gasteiger partial charge < -0.3 is 10.2 Å². The third-order valence-electron chi connectivity index (χ3n) is 2.93. The zero-order valence-electron chi connectivity index (χ0n) is 8.84. The predicted molar refractivity (Wildman–Crippen MR) is 60.8 cm³/mol. The van der Waals surface area contributed by atoms with Crippen molar-refractivity contribution in [2.75, 3.05) is 13.1 Å². The lowest BCUT2D eigenvalue weighted by atomic mass is 10.1. The molecule has 2 atom stereocenters. The predicted octanol–water partition coefficient (Wildman–Crippen LogP) is 2.00. The Hall–Kier alpha value is -0.310. The number of likely N-dealkylation sites (tertiary alicyclic amines) is 1. The Morgan fingerprint density at radius 2 is 2.23 bits per heavy atom. The van der Waals surface area contributed by atoms with E-state index < -0.39 is 0 Å². The topological polar surface area (TPSA) is 15.3 Å². The largest absolute Gasteiger partial charge is 0.363 e. The van der Waals surface area contributed by atoms with Crippen LogP contribution in [0.1, 0.15) is 33.6 Å². The number of hydrogen-bond acceptors (Lipinski definition) is 1. The van der Waals surface area contributed by atoms with E-state index in [-0.39, 0.29) is 0 Å². The van der Waals surface area contributed by atoms with Crippen LogP contribution in [-0.2, 0) is 0 Å². The van der Waals surface area contributed by atoms with Crippen LogP contribution in [-0.4, -0.2) is 29.1 Å². The third kappa shape index (κ3) is 2.56. The van der Waals surface area contributed by atoms with Gasteiger partial charge in [0.1, 0.15) is 0 Å². The molecule has 0 saturated carbocycles. The second-order valence-corrected chi connectivity index (χ2v) is 4.32. The highest BCUT2D eigenvalue weighted by molar-refractivity contribution is 7.80. The van der Waals surface area contributed by atoms with Crippen LogP contribution in [0.5, 0.6) is 0 Å². The monoisotopic (exact) mass is 200 g/mol. The number of thiocarbonyl (C=S) groups is 1. The van der Waals surface area contributed by atoms with E-state index in [0.717, 1.165) is 30.5 Å². The first-order valence-electron chi connectivity index (χ1n) is 5.21. The van der Waals surface area contributed by atoms with Gasteiger partial charge in [0, 0.05) is 19.1 Å². The molecule has 0 aromatic heterocycles. The van der Waals surface area contributed by atoms with Gasteiger partial charge in [0.15, 0.2) is 5.11 Å². The molecule has 0 aliphatic carbocycles. The van der Waals surface area contributed by atoms with Gasteiger partial charge in [0.25, 0.3) is 0 Å². The maximum Gasteiger partial charge on any atom is 0.169 e. The molecule has 1 N–H and O–H groups in total. The van der Waals surface area contributed by atoms with Crippen LogP contribution in [0.2, 0.25) is 0 Å². The van der Waals surface area contributed by atoms with E-state index in [1.165, 1.54) is 6.42 Å². The molecule has 0 radical (unpaired) electrons. The Kier molecular flexibility index (Phi) is 3.97. The Balaban J connectivity index is 2.39. The normalized spacial score (nSPS) is 27.8. The van der Waals surface area contributed by atoms with Crippen molar-refractivity contribution in [3.63, 3.8) is 0 Å². The molecule has 1 rings (SSSR count). The molecule has 1 aliphatic rings. The van der Waals surface area contributed by atoms with Crippen LogP contribution >= 0.6 is 12.2 Å². The van der Waals surface area contributed by atoms with Crippen molar-refractivity contribution in [2.45, 2.75) is 39.7 Å². The lowest BCUT2D eigenvalue weighted by Crippen LogP contribution is -2.42. The fourth-order valence-electron chi connectivity index (χ4n) is 1.71. The summed E-state index contributed by atoms with van der Waals surface area (Å²) in [5.41, 5.74) is 0. The minimum atomic E-state index is 0.608. The van der Waals surface area contributed by atoms with E-state index in [2.05, 4.69) is 31.0 Å². The molecule has 0 bridgehead atoms. The Bertz CT molecular complexity index is 182. The first-order valence-corrected chi connectivity index (χ1v) is 5.62. The number of rotatable bonds is 2. The van der Waals surface area contributed by atoms with Crippen molar-refractivity contribution in [2.24, 2.45) is 5.92 Å². The molecular weight excluding hydrogens is 180 g/mol. The Morgan fingerprint density at radius 3 is 2.69 bits per heavy atom. The van der Waals surface area contributed by atoms with E-state index in [1.54, 1.807) is 0 Å². The van der Waals surface area contributed by atoms with Crippen molar-refractivity contribution in [3.8, 4) is 0 Å².